The maximum absolute atomic E-state index is 6.85. The smallest absolute Gasteiger partial charge is 0.164 e. The van der Waals surface area contributed by atoms with Gasteiger partial charge < -0.3 is 8.83 Å². The van der Waals surface area contributed by atoms with Crippen LogP contribution in [-0.2, 0) is 10.8 Å². The summed E-state index contributed by atoms with van der Waals surface area (Å²) in [5.41, 5.74) is 29.2. The quantitative estimate of drug-likeness (QED) is 0.112. The summed E-state index contributed by atoms with van der Waals surface area (Å²) in [5, 5.41) is 4.13. The number of hydrogen-bond acceptors (Lipinski definition) is 8. The van der Waals surface area contributed by atoms with Crippen molar-refractivity contribution in [2.24, 2.45) is 0 Å². The second-order valence-electron chi connectivity index (χ2n) is 30.2. The summed E-state index contributed by atoms with van der Waals surface area (Å²) in [6.07, 6.45) is 0. The first-order chi connectivity index (χ1) is 58.5. The number of hydrogen-bond donors (Lipinski definition) is 0. The lowest BCUT2D eigenvalue weighted by Crippen LogP contribution is -2.28. The highest BCUT2D eigenvalue weighted by atomic mass is 16.3. The average Bonchev–Trinajstić information content (AvgIpc) is 1.54. The van der Waals surface area contributed by atoms with E-state index in [1.807, 2.05) is 91.0 Å². The van der Waals surface area contributed by atoms with Crippen LogP contribution in [0.2, 0.25) is 0 Å². The molecule has 0 atom stereocenters. The summed E-state index contributed by atoms with van der Waals surface area (Å²) in [6, 6.07) is 149. The Morgan fingerprint density at radius 2 is 0.466 bits per heavy atom. The van der Waals surface area contributed by atoms with Crippen LogP contribution in [-0.4, -0.2) is 29.9 Å². The highest BCUT2D eigenvalue weighted by Gasteiger charge is 2.48. The van der Waals surface area contributed by atoms with E-state index >= 15 is 0 Å². The minimum atomic E-state index is -0.535. The number of furan rings is 2. The molecule has 0 amide bonds. The molecule has 17 aromatic carbocycles. The molecule has 118 heavy (non-hydrogen) atoms. The SMILES string of the molecule is c1ccc(-c2ccc(-c3nc(-c4cccc(-c5ccccc5)c4)nc(-c4cccc5oc6cc(C7(c8ccccc8)c8ccccc8-c8ccccc87)ccc6c45)n3)cc2)cc1.c1ccc(-c2nc(-c3ccccc3)nc(-c3ccccc3-c3ccc4c(c3)oc3cc(C5(c6ccccc6)c6ccccc6-c6ccccc65)ccc34)n2)cc1. The Morgan fingerprint density at radius 1 is 0.161 bits per heavy atom. The molecule has 0 fully saturated rings. The molecule has 0 N–H and O–H groups in total. The van der Waals surface area contributed by atoms with E-state index in [1.54, 1.807) is 0 Å². The third-order valence-electron chi connectivity index (χ3n) is 23.7. The first kappa shape index (κ1) is 69.1. The van der Waals surface area contributed by atoms with E-state index in [0.29, 0.717) is 34.9 Å². The molecule has 552 valence electrons. The van der Waals surface area contributed by atoms with Gasteiger partial charge in [-0.2, -0.15) is 0 Å². The van der Waals surface area contributed by atoms with Crippen LogP contribution in [0.25, 0.3) is 168 Å². The summed E-state index contributed by atoms with van der Waals surface area (Å²) in [5.74, 6) is 3.67. The molecule has 2 aliphatic rings. The molecule has 0 aliphatic heterocycles. The van der Waals surface area contributed by atoms with Crippen LogP contribution < -0.4 is 0 Å². The highest BCUT2D eigenvalue weighted by Crippen LogP contribution is 2.59. The van der Waals surface area contributed by atoms with Gasteiger partial charge in [0.25, 0.3) is 0 Å². The largest absolute Gasteiger partial charge is 0.456 e. The van der Waals surface area contributed by atoms with E-state index in [1.165, 1.54) is 61.2 Å². The maximum atomic E-state index is 6.85. The van der Waals surface area contributed by atoms with Crippen molar-refractivity contribution in [1.29, 1.82) is 0 Å². The van der Waals surface area contributed by atoms with Crippen molar-refractivity contribution in [2.45, 2.75) is 10.8 Å². The number of aromatic nitrogens is 6. The molecule has 8 heteroatoms. The van der Waals surface area contributed by atoms with Gasteiger partial charge in [-0.25, -0.2) is 29.9 Å². The molecular formula is C110H70N6O2. The van der Waals surface area contributed by atoms with Gasteiger partial charge in [-0.05, 0) is 137 Å². The lowest BCUT2D eigenvalue weighted by Gasteiger charge is -2.33. The monoisotopic (exact) mass is 1510 g/mol. The normalized spacial score (nSPS) is 12.7. The van der Waals surface area contributed by atoms with Crippen molar-refractivity contribution in [2.75, 3.05) is 0 Å². The Labute approximate surface area is 682 Å². The molecule has 0 spiro atoms. The first-order valence-corrected chi connectivity index (χ1v) is 40.0. The maximum Gasteiger partial charge on any atom is 0.164 e. The number of nitrogens with zero attached hydrogens (tertiary/aromatic N) is 6. The fraction of sp³-hybridized carbons (Fsp3) is 0.0182. The van der Waals surface area contributed by atoms with Crippen molar-refractivity contribution in [3.8, 4) is 124 Å². The Bertz CT molecular complexity index is 7270. The van der Waals surface area contributed by atoms with E-state index in [2.05, 4.69) is 334 Å². The second kappa shape index (κ2) is 28.8. The van der Waals surface area contributed by atoms with Crippen molar-refractivity contribution in [3.05, 3.63) is 469 Å². The van der Waals surface area contributed by atoms with Gasteiger partial charge in [0.15, 0.2) is 34.9 Å². The van der Waals surface area contributed by atoms with Gasteiger partial charge in [-0.3, -0.25) is 0 Å². The van der Waals surface area contributed by atoms with Crippen LogP contribution in [0, 0.1) is 0 Å². The molecule has 0 radical (unpaired) electrons. The Morgan fingerprint density at radius 3 is 0.966 bits per heavy atom. The lowest BCUT2D eigenvalue weighted by atomic mass is 9.67. The summed E-state index contributed by atoms with van der Waals surface area (Å²) >= 11 is 0. The lowest BCUT2D eigenvalue weighted by molar-refractivity contribution is 0.665. The van der Waals surface area contributed by atoms with Gasteiger partial charge in [0.05, 0.1) is 10.8 Å². The molecule has 21 aromatic rings. The van der Waals surface area contributed by atoms with Crippen LogP contribution in [0.5, 0.6) is 0 Å². The predicted molar refractivity (Wildman–Crippen MR) is 478 cm³/mol. The molecule has 4 aromatic heterocycles. The van der Waals surface area contributed by atoms with Crippen LogP contribution in [0.4, 0.5) is 0 Å². The van der Waals surface area contributed by atoms with Gasteiger partial charge in [-0.1, -0.05) is 388 Å². The van der Waals surface area contributed by atoms with E-state index in [4.69, 9.17) is 38.7 Å². The zero-order chi connectivity index (χ0) is 78.1. The van der Waals surface area contributed by atoms with Crippen molar-refractivity contribution >= 4 is 43.9 Å². The molecular weight excluding hydrogens is 1440 g/mol. The zero-order valence-electron chi connectivity index (χ0n) is 63.9. The summed E-state index contributed by atoms with van der Waals surface area (Å²) < 4.78 is 13.7. The minimum Gasteiger partial charge on any atom is -0.456 e. The average molecular weight is 1510 g/mol. The molecule has 0 bridgehead atoms. The van der Waals surface area contributed by atoms with Gasteiger partial charge in [0, 0.05) is 54.9 Å². The molecule has 0 unspecified atom stereocenters. The third-order valence-corrected chi connectivity index (χ3v) is 23.7. The molecule has 2 aliphatic carbocycles. The number of fused-ring (bicyclic) bond motifs is 12. The summed E-state index contributed by atoms with van der Waals surface area (Å²) in [4.78, 5) is 30.7. The highest BCUT2D eigenvalue weighted by molar-refractivity contribution is 6.12. The molecule has 23 rings (SSSR count). The first-order valence-electron chi connectivity index (χ1n) is 40.0. The molecule has 0 saturated heterocycles. The zero-order valence-corrected chi connectivity index (χ0v) is 63.9. The van der Waals surface area contributed by atoms with Crippen LogP contribution in [0.3, 0.4) is 0 Å². The van der Waals surface area contributed by atoms with Gasteiger partial charge in [0.1, 0.15) is 22.3 Å². The number of rotatable bonds is 13. The van der Waals surface area contributed by atoms with Crippen LogP contribution in [0.15, 0.2) is 433 Å². The van der Waals surface area contributed by atoms with Gasteiger partial charge in [0.2, 0.25) is 0 Å². The standard InChI is InChI=1S/C58H37N3O.C52H33N3O/c1-4-16-38(17-5-1)40-30-32-41(33-31-40)55-59-56(43-21-14-20-42(36-43)39-18-6-2-7-19-39)61-57(60-55)49-26-15-29-52-54(49)48-35-34-45(37-53(48)62-52)58(44-22-8-3-9-23-44)50-27-12-10-24-46(50)47-25-11-13-28-51(47)58;1-4-16-34(17-5-1)49-53-50(35-18-6-2-7-19-35)55-51(54-49)44-25-11-10-22-39(44)36-28-30-42-43-31-29-38(33-48(43)56-47(42)32-36)52(37-20-8-3-9-21-37)45-26-14-12-23-40(45)41-24-13-15-27-46(41)52/h1-37H;1-33H. The van der Waals surface area contributed by atoms with Crippen molar-refractivity contribution in [3.63, 3.8) is 0 Å². The van der Waals surface area contributed by atoms with Crippen molar-refractivity contribution < 1.29 is 8.83 Å². The van der Waals surface area contributed by atoms with Crippen LogP contribution >= 0.6 is 0 Å². The minimum absolute atomic E-state index is 0.493. The molecule has 4 heterocycles. The topological polar surface area (TPSA) is 104 Å². The molecule has 8 nitrogen and oxygen atoms in total. The fourth-order valence-corrected chi connectivity index (χ4v) is 18.4. The Hall–Kier alpha value is -15.6. The van der Waals surface area contributed by atoms with Gasteiger partial charge in [-0.15, -0.1) is 0 Å². The second-order valence-corrected chi connectivity index (χ2v) is 30.2. The summed E-state index contributed by atoms with van der Waals surface area (Å²) in [7, 11) is 0. The van der Waals surface area contributed by atoms with Crippen LogP contribution in [0.1, 0.15) is 44.5 Å². The fourth-order valence-electron chi connectivity index (χ4n) is 18.4. The Kier molecular flexibility index (Phi) is 16.9. The Balaban J connectivity index is 0.000000143. The summed E-state index contributed by atoms with van der Waals surface area (Å²) in [6.45, 7) is 0. The van der Waals surface area contributed by atoms with E-state index in [-0.39, 0.29) is 0 Å². The molecule has 0 saturated carbocycles. The number of benzene rings is 17. The van der Waals surface area contributed by atoms with E-state index in [0.717, 1.165) is 116 Å². The predicted octanol–water partition coefficient (Wildman–Crippen LogP) is 27.3. The van der Waals surface area contributed by atoms with E-state index < -0.39 is 10.8 Å². The van der Waals surface area contributed by atoms with Crippen molar-refractivity contribution in [1.82, 2.24) is 29.9 Å². The third kappa shape index (κ3) is 11.6. The van der Waals surface area contributed by atoms with Gasteiger partial charge >= 0.3 is 0 Å². The van der Waals surface area contributed by atoms with E-state index in [9.17, 15) is 0 Å².